The van der Waals surface area contributed by atoms with Crippen molar-refractivity contribution in [3.63, 3.8) is 0 Å². The number of hydrogen-bond donors (Lipinski definition) is 2. The quantitative estimate of drug-likeness (QED) is 0.860. The highest BCUT2D eigenvalue weighted by atomic mass is 19.1. The molecular formula is C17H21FN4O2. The summed E-state index contributed by atoms with van der Waals surface area (Å²) >= 11 is 0. The maximum Gasteiger partial charge on any atom is 0.234 e. The number of piperidine rings is 1. The summed E-state index contributed by atoms with van der Waals surface area (Å²) in [5.41, 5.74) is 1.47. The molecular weight excluding hydrogens is 311 g/mol. The fourth-order valence-electron chi connectivity index (χ4n) is 2.85. The summed E-state index contributed by atoms with van der Waals surface area (Å²) in [7, 11) is 0. The molecule has 1 aliphatic heterocycles. The zero-order valence-electron chi connectivity index (χ0n) is 13.4. The van der Waals surface area contributed by atoms with E-state index >= 15 is 0 Å². The first kappa shape index (κ1) is 16.6. The van der Waals surface area contributed by atoms with Gasteiger partial charge in [0, 0.05) is 24.8 Å². The van der Waals surface area contributed by atoms with E-state index in [2.05, 4.69) is 10.4 Å². The molecule has 128 valence electrons. The lowest BCUT2D eigenvalue weighted by atomic mass is 10.1. The van der Waals surface area contributed by atoms with Gasteiger partial charge < -0.3 is 10.4 Å². The monoisotopic (exact) mass is 332 g/mol. The van der Waals surface area contributed by atoms with Gasteiger partial charge in [-0.2, -0.15) is 5.10 Å². The van der Waals surface area contributed by atoms with Crippen LogP contribution in [0.2, 0.25) is 0 Å². The van der Waals surface area contributed by atoms with Gasteiger partial charge >= 0.3 is 0 Å². The summed E-state index contributed by atoms with van der Waals surface area (Å²) in [6.07, 6.45) is 4.79. The number of β-amino-alcohol motifs (C(OH)–C–C–N with tert-alkyl or cyclic N) is 1. The third kappa shape index (κ3) is 4.39. The number of aliphatic hydroxyl groups is 1. The number of halogens is 1. The lowest BCUT2D eigenvalue weighted by Gasteiger charge is -2.29. The normalized spacial score (nSPS) is 18.5. The molecule has 0 spiro atoms. The van der Waals surface area contributed by atoms with Crippen molar-refractivity contribution in [3.05, 3.63) is 48.0 Å². The molecule has 2 N–H and O–H groups in total. The summed E-state index contributed by atoms with van der Waals surface area (Å²) < 4.78 is 14.8. The number of carbonyl (C=O) groups excluding carboxylic acids is 1. The zero-order valence-corrected chi connectivity index (χ0v) is 13.4. The largest absolute Gasteiger partial charge is 0.392 e. The number of hydrogen-bond acceptors (Lipinski definition) is 4. The van der Waals surface area contributed by atoms with Gasteiger partial charge in [0.2, 0.25) is 5.91 Å². The third-order valence-electron chi connectivity index (χ3n) is 4.05. The van der Waals surface area contributed by atoms with Gasteiger partial charge in [0.05, 0.1) is 24.5 Å². The maximum atomic E-state index is 13.2. The molecule has 6 nitrogen and oxygen atoms in total. The number of likely N-dealkylation sites (tertiary alicyclic amines) is 1. The molecule has 7 heteroatoms. The van der Waals surface area contributed by atoms with Gasteiger partial charge in [-0.1, -0.05) is 6.07 Å². The molecule has 1 aromatic carbocycles. The Hall–Kier alpha value is -2.25. The lowest BCUT2D eigenvalue weighted by Crippen LogP contribution is -2.44. The molecule has 24 heavy (non-hydrogen) atoms. The minimum absolute atomic E-state index is 0.0809. The Morgan fingerprint density at radius 1 is 1.46 bits per heavy atom. The molecule has 1 saturated heterocycles. The van der Waals surface area contributed by atoms with Crippen LogP contribution in [0.15, 0.2) is 36.7 Å². The predicted molar refractivity (Wildman–Crippen MR) is 87.0 cm³/mol. The van der Waals surface area contributed by atoms with Gasteiger partial charge in [0.15, 0.2) is 0 Å². The molecule has 1 aromatic heterocycles. The van der Waals surface area contributed by atoms with E-state index in [0.29, 0.717) is 18.8 Å². The molecule has 2 aromatic rings. The maximum absolute atomic E-state index is 13.2. The average molecular weight is 332 g/mol. The number of benzene rings is 1. The van der Waals surface area contributed by atoms with Crippen molar-refractivity contribution in [2.75, 3.05) is 19.6 Å². The third-order valence-corrected chi connectivity index (χ3v) is 4.05. The van der Waals surface area contributed by atoms with Crippen molar-refractivity contribution in [2.24, 2.45) is 0 Å². The van der Waals surface area contributed by atoms with Crippen LogP contribution in [0.5, 0.6) is 0 Å². The Labute approximate surface area is 139 Å². The van der Waals surface area contributed by atoms with Crippen LogP contribution >= 0.6 is 0 Å². The first-order valence-corrected chi connectivity index (χ1v) is 8.07. The molecule has 1 amide bonds. The summed E-state index contributed by atoms with van der Waals surface area (Å²) in [5, 5.41) is 16.7. The molecule has 3 rings (SSSR count). The molecule has 1 atom stereocenters. The van der Waals surface area contributed by atoms with Crippen LogP contribution in [-0.4, -0.2) is 51.4 Å². The number of nitrogens with one attached hydrogen (secondary N) is 1. The van der Waals surface area contributed by atoms with Crippen molar-refractivity contribution < 1.29 is 14.3 Å². The predicted octanol–water partition coefficient (Wildman–Crippen LogP) is 1.08. The molecule has 0 aliphatic carbocycles. The molecule has 0 radical (unpaired) electrons. The SMILES string of the molecule is O=C(CN1CCCC(O)C1)NCc1cnn(-c2cccc(F)c2)c1. The second-order valence-corrected chi connectivity index (χ2v) is 6.08. The number of aliphatic hydroxyl groups excluding tert-OH is 1. The van der Waals surface area contributed by atoms with Crippen molar-refractivity contribution in [2.45, 2.75) is 25.5 Å². The molecule has 1 unspecified atom stereocenters. The molecule has 1 fully saturated rings. The lowest BCUT2D eigenvalue weighted by molar-refractivity contribution is -0.123. The fraction of sp³-hybridized carbons (Fsp3) is 0.412. The van der Waals surface area contributed by atoms with Crippen LogP contribution in [0.3, 0.4) is 0 Å². The highest BCUT2D eigenvalue weighted by Gasteiger charge is 2.19. The summed E-state index contributed by atoms with van der Waals surface area (Å²) in [4.78, 5) is 14.0. The van der Waals surface area contributed by atoms with Crippen molar-refractivity contribution in [3.8, 4) is 5.69 Å². The number of aromatic nitrogens is 2. The highest BCUT2D eigenvalue weighted by molar-refractivity contribution is 5.78. The smallest absolute Gasteiger partial charge is 0.234 e. The van der Waals surface area contributed by atoms with Crippen molar-refractivity contribution in [1.82, 2.24) is 20.0 Å². The van der Waals surface area contributed by atoms with Crippen molar-refractivity contribution >= 4 is 5.91 Å². The van der Waals surface area contributed by atoms with Crippen LogP contribution in [0, 0.1) is 5.82 Å². The second-order valence-electron chi connectivity index (χ2n) is 6.08. The van der Waals surface area contributed by atoms with Crippen LogP contribution in [0.25, 0.3) is 5.69 Å². The molecule has 0 saturated carbocycles. The Morgan fingerprint density at radius 2 is 2.33 bits per heavy atom. The summed E-state index contributed by atoms with van der Waals surface area (Å²) in [6.45, 7) is 2.03. The van der Waals surface area contributed by atoms with Crippen LogP contribution in [0.1, 0.15) is 18.4 Å². The Morgan fingerprint density at radius 3 is 3.12 bits per heavy atom. The fourth-order valence-corrected chi connectivity index (χ4v) is 2.85. The minimum atomic E-state index is -0.337. The van der Waals surface area contributed by atoms with Crippen molar-refractivity contribution in [1.29, 1.82) is 0 Å². The highest BCUT2D eigenvalue weighted by Crippen LogP contribution is 2.11. The van der Waals surface area contributed by atoms with Gasteiger partial charge in [0.1, 0.15) is 5.82 Å². The van der Waals surface area contributed by atoms with E-state index < -0.39 is 0 Å². The van der Waals surface area contributed by atoms with Crippen LogP contribution in [-0.2, 0) is 11.3 Å². The number of nitrogens with zero attached hydrogens (tertiary/aromatic N) is 3. The van der Waals surface area contributed by atoms with Gasteiger partial charge in [-0.3, -0.25) is 9.69 Å². The van der Waals surface area contributed by atoms with Gasteiger partial charge in [-0.25, -0.2) is 9.07 Å². The minimum Gasteiger partial charge on any atom is -0.392 e. The van der Waals surface area contributed by atoms with E-state index in [4.69, 9.17) is 0 Å². The Bertz CT molecular complexity index is 703. The molecule has 1 aliphatic rings. The van der Waals surface area contributed by atoms with E-state index in [1.807, 2.05) is 4.90 Å². The standard InChI is InChI=1S/C17H21FN4O2/c18-14-3-1-4-15(7-14)22-10-13(9-20-22)8-19-17(24)12-21-6-2-5-16(23)11-21/h1,3-4,7,9-10,16,23H,2,5-6,8,11-12H2,(H,19,24). The average Bonchev–Trinajstić information content (AvgIpc) is 3.02. The van der Waals surface area contributed by atoms with Gasteiger partial charge in [0.25, 0.3) is 0 Å². The Kier molecular flexibility index (Phi) is 5.22. The number of carbonyl (C=O) groups is 1. The van der Waals surface area contributed by atoms with E-state index in [9.17, 15) is 14.3 Å². The van der Waals surface area contributed by atoms with E-state index in [-0.39, 0.29) is 24.4 Å². The number of amides is 1. The zero-order chi connectivity index (χ0) is 16.9. The number of rotatable bonds is 5. The molecule has 0 bridgehead atoms. The Balaban J connectivity index is 1.51. The van der Waals surface area contributed by atoms with E-state index in [1.54, 1.807) is 29.2 Å². The molecule has 2 heterocycles. The first-order valence-electron chi connectivity index (χ1n) is 8.07. The first-order chi connectivity index (χ1) is 11.6. The second kappa shape index (κ2) is 7.55. The van der Waals surface area contributed by atoms with E-state index in [0.717, 1.165) is 24.9 Å². The van der Waals surface area contributed by atoms with Gasteiger partial charge in [-0.05, 0) is 37.6 Å². The van der Waals surface area contributed by atoms with Crippen LogP contribution in [0.4, 0.5) is 4.39 Å². The van der Waals surface area contributed by atoms with Crippen LogP contribution < -0.4 is 5.32 Å². The summed E-state index contributed by atoms with van der Waals surface area (Å²) in [6, 6.07) is 6.17. The summed E-state index contributed by atoms with van der Waals surface area (Å²) in [5.74, 6) is -0.399. The van der Waals surface area contributed by atoms with Gasteiger partial charge in [-0.15, -0.1) is 0 Å². The van der Waals surface area contributed by atoms with E-state index in [1.165, 1.54) is 12.1 Å². The topological polar surface area (TPSA) is 70.4 Å².